The average Bonchev–Trinajstić information content (AvgIpc) is 2.73. The maximum atomic E-state index is 11.9. The van der Waals surface area contributed by atoms with Crippen LogP contribution in [0.15, 0.2) is 23.8 Å². The molecule has 0 saturated carbocycles. The van der Waals surface area contributed by atoms with E-state index in [0.29, 0.717) is 18.4 Å². The first-order chi connectivity index (χ1) is 9.30. The van der Waals surface area contributed by atoms with Gasteiger partial charge in [-0.2, -0.15) is 0 Å². The fourth-order valence-corrected chi connectivity index (χ4v) is 3.24. The summed E-state index contributed by atoms with van der Waals surface area (Å²) in [6.07, 6.45) is 6.30. The second kappa shape index (κ2) is 5.37. The number of carboxylic acids is 1. The number of amides is 1. The maximum Gasteiger partial charge on any atom is 0.330 e. The number of sulfonamides is 1. The van der Waals surface area contributed by atoms with E-state index in [1.165, 1.54) is 0 Å². The second-order valence-corrected chi connectivity index (χ2v) is 6.74. The molecule has 8 heteroatoms. The molecule has 1 aliphatic heterocycles. The van der Waals surface area contributed by atoms with Crippen LogP contribution in [0, 0.1) is 0 Å². The quantitative estimate of drug-likeness (QED) is 0.685. The Bertz CT molecular complexity index is 593. The molecule has 1 saturated heterocycles. The first-order valence-corrected chi connectivity index (χ1v) is 7.79. The normalized spacial score (nSPS) is 24.6. The van der Waals surface area contributed by atoms with Gasteiger partial charge in [0.15, 0.2) is 6.04 Å². The molecule has 2 atom stereocenters. The highest BCUT2D eigenvalue weighted by molar-refractivity contribution is 7.89. The van der Waals surface area contributed by atoms with Crippen LogP contribution in [0.3, 0.4) is 0 Å². The minimum Gasteiger partial charge on any atom is -0.479 e. The van der Waals surface area contributed by atoms with Gasteiger partial charge in [-0.05, 0) is 18.4 Å². The Kier molecular flexibility index (Phi) is 3.96. The Labute approximate surface area is 116 Å². The van der Waals surface area contributed by atoms with Gasteiger partial charge < -0.3 is 10.0 Å². The van der Waals surface area contributed by atoms with E-state index >= 15 is 0 Å². The van der Waals surface area contributed by atoms with Crippen molar-refractivity contribution in [1.82, 2.24) is 4.90 Å². The van der Waals surface area contributed by atoms with Crippen LogP contribution in [-0.2, 0) is 19.6 Å². The van der Waals surface area contributed by atoms with Gasteiger partial charge >= 0.3 is 5.97 Å². The zero-order chi connectivity index (χ0) is 14.9. The predicted molar refractivity (Wildman–Crippen MR) is 71.1 cm³/mol. The fourth-order valence-electron chi connectivity index (χ4n) is 2.50. The summed E-state index contributed by atoms with van der Waals surface area (Å²) >= 11 is 0. The third-order valence-corrected chi connectivity index (χ3v) is 4.77. The van der Waals surface area contributed by atoms with Gasteiger partial charge in [-0.1, -0.05) is 18.2 Å². The number of aliphatic carboxylic acids is 1. The molecule has 0 aromatic rings. The molecule has 1 amide bonds. The first-order valence-electron chi connectivity index (χ1n) is 6.18. The largest absolute Gasteiger partial charge is 0.479 e. The van der Waals surface area contributed by atoms with Gasteiger partial charge in [0.2, 0.25) is 15.9 Å². The van der Waals surface area contributed by atoms with Crippen molar-refractivity contribution in [2.75, 3.05) is 6.54 Å². The number of hydrogen-bond acceptors (Lipinski definition) is 4. The number of hydrogen-bond donors (Lipinski definition) is 2. The Hall–Kier alpha value is -1.67. The van der Waals surface area contributed by atoms with E-state index in [-0.39, 0.29) is 13.0 Å². The van der Waals surface area contributed by atoms with Crippen LogP contribution in [-0.4, -0.2) is 48.1 Å². The highest BCUT2D eigenvalue weighted by Gasteiger charge is 2.43. The summed E-state index contributed by atoms with van der Waals surface area (Å²) in [4.78, 5) is 24.5. The van der Waals surface area contributed by atoms with Gasteiger partial charge in [0, 0.05) is 13.0 Å². The molecule has 2 rings (SSSR count). The average molecular weight is 300 g/mol. The van der Waals surface area contributed by atoms with E-state index in [0.717, 1.165) is 4.90 Å². The first kappa shape index (κ1) is 14.7. The fraction of sp³-hybridized carbons (Fsp3) is 0.500. The zero-order valence-electron chi connectivity index (χ0n) is 10.7. The van der Waals surface area contributed by atoms with Gasteiger partial charge in [-0.25, -0.2) is 18.4 Å². The van der Waals surface area contributed by atoms with Crippen LogP contribution in [0.2, 0.25) is 0 Å². The van der Waals surface area contributed by atoms with Crippen LogP contribution in [0.25, 0.3) is 0 Å². The predicted octanol–water partition coefficient (Wildman–Crippen LogP) is -0.395. The van der Waals surface area contributed by atoms with Crippen molar-refractivity contribution in [3.63, 3.8) is 0 Å². The summed E-state index contributed by atoms with van der Waals surface area (Å²) in [6, 6.07) is -1.11. The molecule has 20 heavy (non-hydrogen) atoms. The summed E-state index contributed by atoms with van der Waals surface area (Å²) in [7, 11) is -3.85. The van der Waals surface area contributed by atoms with Crippen molar-refractivity contribution in [2.45, 2.75) is 30.6 Å². The van der Waals surface area contributed by atoms with Gasteiger partial charge in [-0.3, -0.25) is 4.79 Å². The van der Waals surface area contributed by atoms with E-state index < -0.39 is 33.2 Å². The summed E-state index contributed by atoms with van der Waals surface area (Å²) in [5.41, 5.74) is 0.600. The number of rotatable bonds is 4. The minimum atomic E-state index is -3.85. The summed E-state index contributed by atoms with van der Waals surface area (Å²) in [6.45, 7) is -0.171. The van der Waals surface area contributed by atoms with Gasteiger partial charge in [0.05, 0.1) is 0 Å². The Morgan fingerprint density at radius 1 is 1.45 bits per heavy atom. The van der Waals surface area contributed by atoms with Crippen LogP contribution in [0.1, 0.15) is 19.3 Å². The highest BCUT2D eigenvalue weighted by Crippen LogP contribution is 2.26. The van der Waals surface area contributed by atoms with Crippen LogP contribution in [0.4, 0.5) is 0 Å². The van der Waals surface area contributed by atoms with E-state index in [4.69, 9.17) is 5.14 Å². The second-order valence-electron chi connectivity index (χ2n) is 4.89. The Morgan fingerprint density at radius 2 is 2.15 bits per heavy atom. The molecular weight excluding hydrogens is 284 g/mol. The lowest BCUT2D eigenvalue weighted by Gasteiger charge is -2.27. The molecule has 1 unspecified atom stereocenters. The number of nitrogens with two attached hydrogens (primary N) is 1. The molecule has 1 fully saturated rings. The number of likely N-dealkylation sites (tertiary alicyclic amines) is 1. The van der Waals surface area contributed by atoms with E-state index in [1.54, 1.807) is 6.08 Å². The number of carboxylic acid groups (broad SMARTS) is 1. The molecule has 110 valence electrons. The molecule has 0 radical (unpaired) electrons. The molecule has 7 nitrogen and oxygen atoms in total. The van der Waals surface area contributed by atoms with E-state index in [1.807, 2.05) is 12.2 Å². The molecular formula is C12H16N2O5S. The summed E-state index contributed by atoms with van der Waals surface area (Å²) in [5.74, 6) is -1.65. The molecule has 1 aliphatic carbocycles. The Balaban J connectivity index is 2.25. The topological polar surface area (TPSA) is 118 Å². The van der Waals surface area contributed by atoms with Crippen molar-refractivity contribution in [2.24, 2.45) is 5.14 Å². The molecule has 2 aliphatic rings. The van der Waals surface area contributed by atoms with Crippen molar-refractivity contribution in [1.29, 1.82) is 0 Å². The highest BCUT2D eigenvalue weighted by atomic mass is 32.2. The van der Waals surface area contributed by atoms with E-state index in [2.05, 4.69) is 0 Å². The van der Waals surface area contributed by atoms with Crippen LogP contribution < -0.4 is 5.14 Å². The van der Waals surface area contributed by atoms with E-state index in [9.17, 15) is 23.1 Å². The molecule has 0 spiro atoms. The SMILES string of the molecule is NS(=O)(=O)C1CC(=O)N([C@@H](C(=O)O)C2=CCC=CC2)C1. The smallest absolute Gasteiger partial charge is 0.330 e. The van der Waals surface area contributed by atoms with Crippen molar-refractivity contribution < 1.29 is 23.1 Å². The van der Waals surface area contributed by atoms with Crippen LogP contribution >= 0.6 is 0 Å². The molecule has 0 aromatic carbocycles. The van der Waals surface area contributed by atoms with Crippen molar-refractivity contribution in [3.8, 4) is 0 Å². The van der Waals surface area contributed by atoms with Crippen molar-refractivity contribution in [3.05, 3.63) is 23.8 Å². The van der Waals surface area contributed by atoms with Gasteiger partial charge in [0.25, 0.3) is 0 Å². The third kappa shape index (κ3) is 2.91. The maximum absolute atomic E-state index is 11.9. The number of allylic oxidation sites excluding steroid dienone is 3. The third-order valence-electron chi connectivity index (χ3n) is 3.52. The molecule has 3 N–H and O–H groups in total. The summed E-state index contributed by atoms with van der Waals surface area (Å²) < 4.78 is 22.6. The zero-order valence-corrected chi connectivity index (χ0v) is 11.5. The molecule has 0 aromatic heterocycles. The lowest BCUT2D eigenvalue weighted by atomic mass is 9.97. The summed E-state index contributed by atoms with van der Waals surface area (Å²) in [5, 5.41) is 13.4. The molecule has 1 heterocycles. The minimum absolute atomic E-state index is 0.171. The van der Waals surface area contributed by atoms with Crippen LogP contribution in [0.5, 0.6) is 0 Å². The lowest BCUT2D eigenvalue weighted by Crippen LogP contribution is -2.44. The molecule has 0 bridgehead atoms. The number of nitrogens with zero attached hydrogens (tertiary/aromatic N) is 1. The monoisotopic (exact) mass is 300 g/mol. The van der Waals surface area contributed by atoms with Gasteiger partial charge in [0.1, 0.15) is 5.25 Å². The Morgan fingerprint density at radius 3 is 2.60 bits per heavy atom. The van der Waals surface area contributed by atoms with Crippen molar-refractivity contribution >= 4 is 21.9 Å². The number of primary sulfonamides is 1. The number of carbonyl (C=O) groups excluding carboxylic acids is 1. The van der Waals surface area contributed by atoms with Gasteiger partial charge in [-0.15, -0.1) is 0 Å². The number of carbonyl (C=O) groups is 2. The standard InChI is InChI=1S/C12H16N2O5S/c13-20(18,19)9-6-10(15)14(7-9)11(12(16)17)8-4-2-1-3-5-8/h1-2,5,9,11H,3-4,6-7H2,(H,16,17)(H2,13,18,19)/t9?,11-/m1/s1. The lowest BCUT2D eigenvalue weighted by molar-refractivity contribution is -0.146.